The summed E-state index contributed by atoms with van der Waals surface area (Å²) in [6.07, 6.45) is 10.1. The fourth-order valence-electron chi connectivity index (χ4n) is 5.06. The van der Waals surface area contributed by atoms with Crippen molar-refractivity contribution in [1.29, 1.82) is 0 Å². The zero-order valence-corrected chi connectivity index (χ0v) is 16.6. The van der Waals surface area contributed by atoms with Gasteiger partial charge in [-0.25, -0.2) is 0 Å². The molecule has 3 saturated heterocycles. The van der Waals surface area contributed by atoms with Crippen molar-refractivity contribution in [2.75, 3.05) is 13.1 Å². The molecule has 7 nitrogen and oxygen atoms in total. The number of rotatable bonds is 5. The van der Waals surface area contributed by atoms with Gasteiger partial charge in [0.1, 0.15) is 11.3 Å². The maximum absolute atomic E-state index is 12.8. The fraction of sp³-hybridized carbons (Fsp3) is 0.850. The third-order valence-corrected chi connectivity index (χ3v) is 6.73. The van der Waals surface area contributed by atoms with Gasteiger partial charge in [-0.3, -0.25) is 14.4 Å². The number of fused-ring (bicyclic) bond motifs is 3. The highest BCUT2D eigenvalue weighted by Gasteiger charge is 2.43. The van der Waals surface area contributed by atoms with Crippen LogP contribution in [0.25, 0.3) is 0 Å². The summed E-state index contributed by atoms with van der Waals surface area (Å²) in [5, 5.41) is 21.7. The number of carbonyl (C=O) groups is 1. The molecular weight excluding hydrogens is 342 g/mol. The second-order valence-electron chi connectivity index (χ2n) is 9.27. The molecule has 1 aliphatic carbocycles. The van der Waals surface area contributed by atoms with Gasteiger partial charge in [-0.1, -0.05) is 24.5 Å². The Labute approximate surface area is 161 Å². The molecule has 1 amide bonds. The second-order valence-corrected chi connectivity index (χ2v) is 9.27. The van der Waals surface area contributed by atoms with Crippen molar-refractivity contribution in [2.24, 2.45) is 11.8 Å². The standard InChI is InChI=1S/C20H33N5O2/c1-20(2,27)18-13-25(23-22-18)11-16-10-14-8-9-24(16)12-17(14)19(26)21-15-6-4-3-5-7-15/h13-17,27H,3-12H2,1-2H3,(H,21,26)/t14-,16+,17+/m1/s1. The molecule has 4 atom stereocenters. The Kier molecular flexibility index (Phi) is 5.25. The van der Waals surface area contributed by atoms with E-state index in [4.69, 9.17) is 0 Å². The highest BCUT2D eigenvalue weighted by atomic mass is 16.3. The average Bonchev–Trinajstić information content (AvgIpc) is 3.12. The van der Waals surface area contributed by atoms with Gasteiger partial charge >= 0.3 is 0 Å². The molecule has 4 fully saturated rings. The summed E-state index contributed by atoms with van der Waals surface area (Å²) >= 11 is 0. The molecular formula is C20H33N5O2. The van der Waals surface area contributed by atoms with Crippen molar-refractivity contribution in [1.82, 2.24) is 25.2 Å². The summed E-state index contributed by atoms with van der Waals surface area (Å²) in [5.41, 5.74) is -0.366. The second kappa shape index (κ2) is 7.51. The lowest BCUT2D eigenvalue weighted by molar-refractivity contribution is -0.134. The van der Waals surface area contributed by atoms with Crippen LogP contribution in [-0.4, -0.2) is 56.1 Å². The quantitative estimate of drug-likeness (QED) is 0.818. The predicted octanol–water partition coefficient (Wildman–Crippen LogP) is 1.66. The number of hydrogen-bond donors (Lipinski definition) is 2. The summed E-state index contributed by atoms with van der Waals surface area (Å²) in [4.78, 5) is 15.3. The average molecular weight is 376 g/mol. The molecule has 150 valence electrons. The molecule has 1 aromatic rings. The van der Waals surface area contributed by atoms with E-state index >= 15 is 0 Å². The SMILES string of the molecule is CC(C)(O)c1cn(C[C@@H]2C[C@H]3CCN2C[C@@H]3C(=O)NC2CCCCC2)nn1. The highest BCUT2D eigenvalue weighted by Crippen LogP contribution is 2.37. The van der Waals surface area contributed by atoms with Crippen LogP contribution < -0.4 is 5.32 Å². The Morgan fingerprint density at radius 3 is 2.70 bits per heavy atom. The number of carbonyl (C=O) groups excluding carboxylic acids is 1. The molecule has 3 aliphatic heterocycles. The molecule has 1 saturated carbocycles. The minimum atomic E-state index is -0.966. The minimum Gasteiger partial charge on any atom is -0.384 e. The molecule has 4 heterocycles. The number of aromatic nitrogens is 3. The number of aliphatic hydroxyl groups is 1. The third-order valence-electron chi connectivity index (χ3n) is 6.73. The molecule has 2 bridgehead atoms. The molecule has 7 heteroatoms. The van der Waals surface area contributed by atoms with Crippen LogP contribution in [-0.2, 0) is 16.9 Å². The van der Waals surface area contributed by atoms with Crippen LogP contribution in [0.2, 0.25) is 0 Å². The third kappa shape index (κ3) is 4.19. The first kappa shape index (κ1) is 18.9. The van der Waals surface area contributed by atoms with Crippen molar-refractivity contribution >= 4 is 5.91 Å². The zero-order chi connectivity index (χ0) is 19.0. The van der Waals surface area contributed by atoms with Crippen LogP contribution in [0.3, 0.4) is 0 Å². The van der Waals surface area contributed by atoms with E-state index in [9.17, 15) is 9.90 Å². The lowest BCUT2D eigenvalue weighted by Crippen LogP contribution is -2.58. The summed E-state index contributed by atoms with van der Waals surface area (Å²) in [6, 6.07) is 0.798. The topological polar surface area (TPSA) is 83.3 Å². The van der Waals surface area contributed by atoms with E-state index in [0.717, 1.165) is 45.3 Å². The van der Waals surface area contributed by atoms with Gasteiger partial charge in [-0.15, -0.1) is 5.10 Å². The van der Waals surface area contributed by atoms with E-state index in [2.05, 4.69) is 20.5 Å². The maximum Gasteiger partial charge on any atom is 0.224 e. The molecule has 4 aliphatic rings. The van der Waals surface area contributed by atoms with Crippen molar-refractivity contribution in [3.05, 3.63) is 11.9 Å². The van der Waals surface area contributed by atoms with E-state index in [1.165, 1.54) is 19.3 Å². The van der Waals surface area contributed by atoms with Crippen LogP contribution in [0.1, 0.15) is 64.5 Å². The lowest BCUT2D eigenvalue weighted by atomic mass is 9.75. The summed E-state index contributed by atoms with van der Waals surface area (Å²) < 4.78 is 1.84. The first-order valence-corrected chi connectivity index (χ1v) is 10.6. The van der Waals surface area contributed by atoms with E-state index in [1.54, 1.807) is 13.8 Å². The normalized spacial score (nSPS) is 31.8. The van der Waals surface area contributed by atoms with Crippen molar-refractivity contribution in [2.45, 2.75) is 83.0 Å². The van der Waals surface area contributed by atoms with Gasteiger partial charge in [0, 0.05) is 18.6 Å². The van der Waals surface area contributed by atoms with Crippen LogP contribution in [0, 0.1) is 11.8 Å². The molecule has 5 rings (SSSR count). The van der Waals surface area contributed by atoms with Crippen molar-refractivity contribution < 1.29 is 9.90 Å². The van der Waals surface area contributed by atoms with Crippen LogP contribution in [0.4, 0.5) is 0 Å². The number of amides is 1. The smallest absolute Gasteiger partial charge is 0.224 e. The summed E-state index contributed by atoms with van der Waals surface area (Å²) in [5.74, 6) is 0.889. The van der Waals surface area contributed by atoms with Crippen molar-refractivity contribution in [3.8, 4) is 0 Å². The monoisotopic (exact) mass is 375 g/mol. The van der Waals surface area contributed by atoms with Gasteiger partial charge in [-0.2, -0.15) is 0 Å². The number of nitrogens with zero attached hydrogens (tertiary/aromatic N) is 4. The molecule has 27 heavy (non-hydrogen) atoms. The van der Waals surface area contributed by atoms with Crippen LogP contribution in [0.5, 0.6) is 0 Å². The van der Waals surface area contributed by atoms with E-state index in [0.29, 0.717) is 23.7 Å². The van der Waals surface area contributed by atoms with E-state index in [1.807, 2.05) is 10.9 Å². The summed E-state index contributed by atoms with van der Waals surface area (Å²) in [7, 11) is 0. The first-order chi connectivity index (χ1) is 12.9. The fourth-order valence-corrected chi connectivity index (χ4v) is 5.06. The molecule has 1 unspecified atom stereocenters. The van der Waals surface area contributed by atoms with E-state index < -0.39 is 5.60 Å². The van der Waals surface area contributed by atoms with Crippen LogP contribution in [0.15, 0.2) is 6.20 Å². The van der Waals surface area contributed by atoms with Crippen molar-refractivity contribution in [3.63, 3.8) is 0 Å². The number of nitrogens with one attached hydrogen (secondary N) is 1. The van der Waals surface area contributed by atoms with Gasteiger partial charge in [0.05, 0.1) is 18.7 Å². The predicted molar refractivity (Wildman–Crippen MR) is 102 cm³/mol. The van der Waals surface area contributed by atoms with Gasteiger partial charge in [0.2, 0.25) is 5.91 Å². The molecule has 0 aromatic carbocycles. The molecule has 2 N–H and O–H groups in total. The molecule has 0 spiro atoms. The largest absolute Gasteiger partial charge is 0.384 e. The number of piperidine rings is 3. The first-order valence-electron chi connectivity index (χ1n) is 10.6. The van der Waals surface area contributed by atoms with Gasteiger partial charge in [0.15, 0.2) is 0 Å². The Morgan fingerprint density at radius 1 is 1.30 bits per heavy atom. The van der Waals surface area contributed by atoms with Gasteiger partial charge < -0.3 is 10.4 Å². The Balaban J connectivity index is 1.34. The molecule has 1 aromatic heterocycles. The zero-order valence-electron chi connectivity index (χ0n) is 16.6. The van der Waals surface area contributed by atoms with Crippen LogP contribution >= 0.6 is 0 Å². The van der Waals surface area contributed by atoms with E-state index in [-0.39, 0.29) is 11.8 Å². The Hall–Kier alpha value is -1.47. The lowest BCUT2D eigenvalue weighted by Gasteiger charge is -2.49. The molecule has 0 radical (unpaired) electrons. The highest BCUT2D eigenvalue weighted by molar-refractivity contribution is 5.79. The maximum atomic E-state index is 12.8. The van der Waals surface area contributed by atoms with Gasteiger partial charge in [0.25, 0.3) is 0 Å². The Morgan fingerprint density at radius 2 is 2.07 bits per heavy atom. The van der Waals surface area contributed by atoms with Gasteiger partial charge in [-0.05, 0) is 52.0 Å². The Bertz CT molecular complexity index is 662. The number of hydrogen-bond acceptors (Lipinski definition) is 5. The summed E-state index contributed by atoms with van der Waals surface area (Å²) in [6.45, 7) is 6.15. The minimum absolute atomic E-state index is 0.139.